The summed E-state index contributed by atoms with van der Waals surface area (Å²) in [5.74, 6) is 0.872. The predicted molar refractivity (Wildman–Crippen MR) is 108 cm³/mol. The van der Waals surface area contributed by atoms with Crippen molar-refractivity contribution in [1.82, 2.24) is 10.3 Å². The molecule has 1 aromatic heterocycles. The SMILES string of the molecule is CC[C@H](C)c1ccc2oc(-c3ccc(NC(=S)NC(C)=O)cc3)nc2c1. The molecule has 26 heavy (non-hydrogen) atoms. The molecule has 1 heterocycles. The number of thiocarbonyl (C=S) groups is 1. The monoisotopic (exact) mass is 367 g/mol. The molecule has 0 spiro atoms. The van der Waals surface area contributed by atoms with E-state index < -0.39 is 0 Å². The van der Waals surface area contributed by atoms with Crippen molar-refractivity contribution in [2.75, 3.05) is 5.32 Å². The molecule has 0 aliphatic carbocycles. The molecule has 2 N–H and O–H groups in total. The molecular formula is C20H21N3O2S. The Morgan fingerprint density at radius 3 is 2.62 bits per heavy atom. The number of aromatic nitrogens is 1. The fraction of sp³-hybridized carbons (Fsp3) is 0.250. The van der Waals surface area contributed by atoms with Gasteiger partial charge in [0.25, 0.3) is 0 Å². The number of carbonyl (C=O) groups excluding carboxylic acids is 1. The highest BCUT2D eigenvalue weighted by Crippen LogP contribution is 2.28. The second-order valence-electron chi connectivity index (χ2n) is 6.27. The van der Waals surface area contributed by atoms with Gasteiger partial charge in [-0.1, -0.05) is 19.9 Å². The summed E-state index contributed by atoms with van der Waals surface area (Å²) in [7, 11) is 0. The highest BCUT2D eigenvalue weighted by molar-refractivity contribution is 7.80. The van der Waals surface area contributed by atoms with Crippen molar-refractivity contribution in [3.63, 3.8) is 0 Å². The third kappa shape index (κ3) is 4.08. The van der Waals surface area contributed by atoms with Crippen LogP contribution in [0.15, 0.2) is 46.9 Å². The molecule has 1 atom stereocenters. The third-order valence-corrected chi connectivity index (χ3v) is 4.48. The average molecular weight is 367 g/mol. The number of rotatable bonds is 4. The van der Waals surface area contributed by atoms with Crippen LogP contribution >= 0.6 is 12.2 Å². The molecule has 2 aromatic carbocycles. The van der Waals surface area contributed by atoms with Gasteiger partial charge in [-0.25, -0.2) is 4.98 Å². The molecule has 5 nitrogen and oxygen atoms in total. The van der Waals surface area contributed by atoms with Crippen molar-refractivity contribution < 1.29 is 9.21 Å². The molecule has 0 bridgehead atoms. The Balaban J connectivity index is 1.80. The topological polar surface area (TPSA) is 67.2 Å². The molecule has 6 heteroatoms. The number of amides is 1. The molecule has 1 amide bonds. The minimum Gasteiger partial charge on any atom is -0.436 e. The zero-order valence-corrected chi connectivity index (χ0v) is 15.8. The highest BCUT2D eigenvalue weighted by atomic mass is 32.1. The van der Waals surface area contributed by atoms with Crippen LogP contribution in [0.4, 0.5) is 5.69 Å². The van der Waals surface area contributed by atoms with E-state index in [1.165, 1.54) is 12.5 Å². The predicted octanol–water partition coefficient (Wildman–Crippen LogP) is 4.84. The van der Waals surface area contributed by atoms with Crippen LogP contribution in [0.3, 0.4) is 0 Å². The van der Waals surface area contributed by atoms with Crippen molar-refractivity contribution in [2.45, 2.75) is 33.1 Å². The van der Waals surface area contributed by atoms with Gasteiger partial charge in [0.2, 0.25) is 11.8 Å². The lowest BCUT2D eigenvalue weighted by Gasteiger charge is -2.07. The maximum atomic E-state index is 11.0. The Hall–Kier alpha value is -2.73. The van der Waals surface area contributed by atoms with Crippen LogP contribution in [0.25, 0.3) is 22.6 Å². The number of hydrogen-bond donors (Lipinski definition) is 2. The fourth-order valence-electron chi connectivity index (χ4n) is 2.63. The Morgan fingerprint density at radius 2 is 1.96 bits per heavy atom. The Bertz CT molecular complexity index is 947. The second kappa shape index (κ2) is 7.66. The van der Waals surface area contributed by atoms with Crippen LogP contribution in [-0.4, -0.2) is 16.0 Å². The van der Waals surface area contributed by atoms with Gasteiger partial charge in [0.1, 0.15) is 5.52 Å². The number of carbonyl (C=O) groups is 1. The molecule has 0 saturated carbocycles. The maximum absolute atomic E-state index is 11.0. The molecule has 0 unspecified atom stereocenters. The average Bonchev–Trinajstić information content (AvgIpc) is 3.04. The molecule has 0 radical (unpaired) electrons. The Morgan fingerprint density at radius 1 is 1.23 bits per heavy atom. The summed E-state index contributed by atoms with van der Waals surface area (Å²) in [5, 5.41) is 5.75. The molecule has 3 aromatic rings. The van der Waals surface area contributed by atoms with Gasteiger partial charge < -0.3 is 15.1 Å². The number of fused-ring (bicyclic) bond motifs is 1. The van der Waals surface area contributed by atoms with Gasteiger partial charge in [0.15, 0.2) is 10.7 Å². The molecular weight excluding hydrogens is 346 g/mol. The second-order valence-corrected chi connectivity index (χ2v) is 6.68. The van der Waals surface area contributed by atoms with E-state index in [-0.39, 0.29) is 11.0 Å². The summed E-state index contributed by atoms with van der Waals surface area (Å²) in [5.41, 5.74) is 4.57. The van der Waals surface area contributed by atoms with Gasteiger partial charge in [-0.3, -0.25) is 4.79 Å². The van der Waals surface area contributed by atoms with E-state index in [9.17, 15) is 4.79 Å². The number of hydrogen-bond acceptors (Lipinski definition) is 4. The Kier molecular flexibility index (Phi) is 5.32. The van der Waals surface area contributed by atoms with Crippen molar-refractivity contribution in [3.05, 3.63) is 48.0 Å². The number of anilines is 1. The van der Waals surface area contributed by atoms with E-state index in [1.807, 2.05) is 30.3 Å². The number of nitrogens with one attached hydrogen (secondary N) is 2. The summed E-state index contributed by atoms with van der Waals surface area (Å²) < 4.78 is 5.88. The summed E-state index contributed by atoms with van der Waals surface area (Å²) >= 11 is 5.05. The van der Waals surface area contributed by atoms with Gasteiger partial charge in [-0.15, -0.1) is 0 Å². The first-order valence-electron chi connectivity index (χ1n) is 8.55. The normalized spacial score (nSPS) is 12.0. The molecule has 0 fully saturated rings. The minimum absolute atomic E-state index is 0.206. The summed E-state index contributed by atoms with van der Waals surface area (Å²) in [4.78, 5) is 15.6. The first-order valence-corrected chi connectivity index (χ1v) is 8.96. The minimum atomic E-state index is -0.206. The van der Waals surface area contributed by atoms with E-state index in [2.05, 4.69) is 41.6 Å². The van der Waals surface area contributed by atoms with Crippen LogP contribution in [0.1, 0.15) is 38.7 Å². The number of nitrogens with zero attached hydrogens (tertiary/aromatic N) is 1. The summed E-state index contributed by atoms with van der Waals surface area (Å²) in [6.45, 7) is 5.80. The fourth-order valence-corrected chi connectivity index (χ4v) is 2.89. The van der Waals surface area contributed by atoms with E-state index in [0.717, 1.165) is 28.8 Å². The first kappa shape index (κ1) is 18.1. The Labute approximate surface area is 157 Å². The van der Waals surface area contributed by atoms with Crippen LogP contribution in [0, 0.1) is 0 Å². The van der Waals surface area contributed by atoms with Crippen LogP contribution < -0.4 is 10.6 Å². The summed E-state index contributed by atoms with van der Waals surface area (Å²) in [6, 6.07) is 13.7. The van der Waals surface area contributed by atoms with Crippen molar-refractivity contribution >= 4 is 40.0 Å². The first-order chi connectivity index (χ1) is 12.5. The third-order valence-electron chi connectivity index (χ3n) is 4.27. The number of benzene rings is 2. The zero-order chi connectivity index (χ0) is 18.7. The van der Waals surface area contributed by atoms with Gasteiger partial charge in [-0.05, 0) is 66.5 Å². The molecule has 0 saturated heterocycles. The lowest BCUT2D eigenvalue weighted by Crippen LogP contribution is -2.32. The van der Waals surface area contributed by atoms with Crippen LogP contribution in [0.5, 0.6) is 0 Å². The largest absolute Gasteiger partial charge is 0.436 e. The highest BCUT2D eigenvalue weighted by Gasteiger charge is 2.11. The van der Waals surface area contributed by atoms with Crippen molar-refractivity contribution in [1.29, 1.82) is 0 Å². The molecule has 0 aliphatic rings. The van der Waals surface area contributed by atoms with Crippen molar-refractivity contribution in [3.8, 4) is 11.5 Å². The lowest BCUT2D eigenvalue weighted by molar-refractivity contribution is -0.117. The zero-order valence-electron chi connectivity index (χ0n) is 15.0. The number of oxazole rings is 1. The molecule has 134 valence electrons. The summed E-state index contributed by atoms with van der Waals surface area (Å²) in [6.07, 6.45) is 1.09. The smallest absolute Gasteiger partial charge is 0.227 e. The van der Waals surface area contributed by atoms with Gasteiger partial charge in [0, 0.05) is 18.2 Å². The van der Waals surface area contributed by atoms with Crippen LogP contribution in [-0.2, 0) is 4.79 Å². The lowest BCUT2D eigenvalue weighted by atomic mass is 9.98. The van der Waals surface area contributed by atoms with E-state index in [1.54, 1.807) is 0 Å². The van der Waals surface area contributed by atoms with Crippen LogP contribution in [0.2, 0.25) is 0 Å². The van der Waals surface area contributed by atoms with Crippen molar-refractivity contribution in [2.24, 2.45) is 0 Å². The van der Waals surface area contributed by atoms with Gasteiger partial charge in [-0.2, -0.15) is 0 Å². The molecule has 3 rings (SSSR count). The van der Waals surface area contributed by atoms with Gasteiger partial charge in [0.05, 0.1) is 0 Å². The standard InChI is InChI=1S/C20H21N3O2S/c1-4-12(2)15-7-10-18-17(11-15)23-19(25-18)14-5-8-16(9-6-14)22-20(26)21-13(3)24/h5-12H,4H2,1-3H3,(H2,21,22,24,26)/t12-/m0/s1. The van der Waals surface area contributed by atoms with Gasteiger partial charge >= 0.3 is 0 Å². The van der Waals surface area contributed by atoms with E-state index in [4.69, 9.17) is 16.6 Å². The molecule has 0 aliphatic heterocycles. The quantitative estimate of drug-likeness (QED) is 0.646. The van der Waals surface area contributed by atoms with E-state index in [0.29, 0.717) is 11.8 Å². The maximum Gasteiger partial charge on any atom is 0.227 e. The van der Waals surface area contributed by atoms with E-state index >= 15 is 0 Å².